The Balaban J connectivity index is 0. The summed E-state index contributed by atoms with van der Waals surface area (Å²) in [4.78, 5) is 23.4. The van der Waals surface area contributed by atoms with Crippen LogP contribution in [0.4, 0.5) is 0 Å². The van der Waals surface area contributed by atoms with Crippen molar-refractivity contribution in [3.63, 3.8) is 0 Å². The number of hydrogen-bond donors (Lipinski definition) is 1. The molecule has 0 spiro atoms. The summed E-state index contributed by atoms with van der Waals surface area (Å²) >= 11 is 0. The van der Waals surface area contributed by atoms with Gasteiger partial charge in [-0.15, -0.1) is 0 Å². The number of rotatable bonds is 11. The van der Waals surface area contributed by atoms with Gasteiger partial charge in [-0.25, -0.2) is 4.79 Å². The minimum atomic E-state index is -0.788. The summed E-state index contributed by atoms with van der Waals surface area (Å²) in [5.74, 6) is -1.49. The molecule has 24 heavy (non-hydrogen) atoms. The van der Waals surface area contributed by atoms with Gasteiger partial charge in [0.05, 0.1) is 0 Å². The SMILES string of the molecule is CCCCCCCCCCCC(=O)OC(=O)c1ccccc1O.[H-].[Na+]. The number of carbonyl (C=O) groups excluding carboxylic acids is 2. The monoisotopic (exact) mass is 344 g/mol. The van der Waals surface area contributed by atoms with Crippen molar-refractivity contribution in [3.05, 3.63) is 29.8 Å². The van der Waals surface area contributed by atoms with Crippen LogP contribution < -0.4 is 29.6 Å². The number of ether oxygens (including phenoxy) is 1. The maximum absolute atomic E-state index is 11.7. The molecule has 0 heterocycles. The molecule has 4 nitrogen and oxygen atoms in total. The van der Waals surface area contributed by atoms with Crippen LogP contribution in [0.15, 0.2) is 24.3 Å². The summed E-state index contributed by atoms with van der Waals surface area (Å²) in [5, 5.41) is 9.53. The fourth-order valence-corrected chi connectivity index (χ4v) is 2.44. The van der Waals surface area contributed by atoms with Crippen molar-refractivity contribution >= 4 is 11.9 Å². The minimum absolute atomic E-state index is 0. The smallest absolute Gasteiger partial charge is 1.00 e. The van der Waals surface area contributed by atoms with Crippen molar-refractivity contribution in [2.75, 3.05) is 0 Å². The molecule has 0 aliphatic carbocycles. The molecule has 0 atom stereocenters. The molecule has 130 valence electrons. The van der Waals surface area contributed by atoms with E-state index in [2.05, 4.69) is 6.92 Å². The number of phenolic OH excluding ortho intramolecular Hbond substituents is 1. The van der Waals surface area contributed by atoms with Crippen molar-refractivity contribution in [1.82, 2.24) is 0 Å². The molecule has 0 amide bonds. The van der Waals surface area contributed by atoms with Crippen LogP contribution in [0.2, 0.25) is 0 Å². The topological polar surface area (TPSA) is 63.6 Å². The molecule has 0 saturated carbocycles. The van der Waals surface area contributed by atoms with Crippen molar-refractivity contribution in [2.24, 2.45) is 0 Å². The van der Waals surface area contributed by atoms with Gasteiger partial charge in [-0.05, 0) is 18.6 Å². The van der Waals surface area contributed by atoms with Crippen molar-refractivity contribution < 1.29 is 50.4 Å². The van der Waals surface area contributed by atoms with Gasteiger partial charge in [0, 0.05) is 6.42 Å². The van der Waals surface area contributed by atoms with E-state index < -0.39 is 11.9 Å². The number of carbonyl (C=O) groups is 2. The number of unbranched alkanes of at least 4 members (excludes halogenated alkanes) is 8. The van der Waals surface area contributed by atoms with Crippen LogP contribution in [0, 0.1) is 0 Å². The fraction of sp³-hybridized carbons (Fsp3) is 0.579. The molecular weight excluding hydrogens is 315 g/mol. The second kappa shape index (κ2) is 14.5. The van der Waals surface area contributed by atoms with E-state index in [0.29, 0.717) is 0 Å². The molecular formula is C19H29NaO4. The summed E-state index contributed by atoms with van der Waals surface area (Å²) in [6, 6.07) is 6.04. The average molecular weight is 344 g/mol. The van der Waals surface area contributed by atoms with Crippen LogP contribution >= 0.6 is 0 Å². The Bertz CT molecular complexity index is 494. The number of hydrogen-bond acceptors (Lipinski definition) is 4. The summed E-state index contributed by atoms with van der Waals surface area (Å²) in [7, 11) is 0. The van der Waals surface area contributed by atoms with Crippen molar-refractivity contribution in [2.45, 2.75) is 71.1 Å². The van der Waals surface area contributed by atoms with E-state index in [4.69, 9.17) is 4.74 Å². The van der Waals surface area contributed by atoms with E-state index in [-0.39, 0.29) is 48.7 Å². The maximum Gasteiger partial charge on any atom is 1.00 e. The van der Waals surface area contributed by atoms with Gasteiger partial charge in [0.1, 0.15) is 11.3 Å². The first kappa shape index (κ1) is 23.2. The molecule has 1 rings (SSSR count). The van der Waals surface area contributed by atoms with Gasteiger partial charge in [0.15, 0.2) is 0 Å². The Hall–Kier alpha value is -0.840. The minimum Gasteiger partial charge on any atom is -1.00 e. The molecule has 0 aromatic heterocycles. The number of phenols is 1. The van der Waals surface area contributed by atoms with E-state index in [9.17, 15) is 14.7 Å². The first-order valence-corrected chi connectivity index (χ1v) is 8.68. The third-order valence-electron chi connectivity index (χ3n) is 3.81. The molecule has 1 N–H and O–H groups in total. The van der Waals surface area contributed by atoms with Crippen LogP contribution in [0.3, 0.4) is 0 Å². The Kier molecular flexibility index (Phi) is 14.0. The molecule has 0 aliphatic rings. The molecule has 0 fully saturated rings. The standard InChI is InChI=1S/C19H28O4.Na.H/c1-2-3-4-5-6-7-8-9-10-15-18(21)23-19(22)16-13-11-12-14-17(16)20;;/h11-14,20H,2-10,15H2,1H3;;/q;+1;-1. The molecule has 1 aromatic carbocycles. The van der Waals surface area contributed by atoms with Gasteiger partial charge < -0.3 is 11.3 Å². The summed E-state index contributed by atoms with van der Waals surface area (Å²) in [6.07, 6.45) is 10.7. The van der Waals surface area contributed by atoms with Gasteiger partial charge in [-0.3, -0.25) is 4.79 Å². The second-order valence-corrected chi connectivity index (χ2v) is 5.86. The van der Waals surface area contributed by atoms with Gasteiger partial charge in [0.25, 0.3) is 0 Å². The number of esters is 2. The number of para-hydroxylation sites is 1. The Morgan fingerprint density at radius 1 is 0.958 bits per heavy atom. The van der Waals surface area contributed by atoms with E-state index in [1.54, 1.807) is 12.1 Å². The number of benzene rings is 1. The van der Waals surface area contributed by atoms with Crippen molar-refractivity contribution in [1.29, 1.82) is 0 Å². The van der Waals surface area contributed by atoms with Gasteiger partial charge >= 0.3 is 41.5 Å². The van der Waals surface area contributed by atoms with Crippen LogP contribution in [0.1, 0.15) is 82.9 Å². The molecule has 0 saturated heterocycles. The Morgan fingerprint density at radius 2 is 1.50 bits per heavy atom. The zero-order valence-electron chi connectivity index (χ0n) is 16.1. The first-order valence-electron chi connectivity index (χ1n) is 8.68. The van der Waals surface area contributed by atoms with E-state index in [1.165, 1.54) is 50.7 Å². The maximum atomic E-state index is 11.7. The Labute approximate surface area is 168 Å². The Morgan fingerprint density at radius 3 is 2.08 bits per heavy atom. The van der Waals surface area contributed by atoms with E-state index in [0.717, 1.165) is 19.3 Å². The van der Waals surface area contributed by atoms with Crippen LogP contribution in [0.25, 0.3) is 0 Å². The normalized spacial score (nSPS) is 10.0. The average Bonchev–Trinajstić information content (AvgIpc) is 2.53. The van der Waals surface area contributed by atoms with Crippen molar-refractivity contribution in [3.8, 4) is 5.75 Å². The molecule has 0 aliphatic heterocycles. The molecule has 1 aromatic rings. The van der Waals surface area contributed by atoms with Gasteiger partial charge in [-0.2, -0.15) is 0 Å². The quantitative estimate of drug-likeness (QED) is 0.289. The molecule has 0 unspecified atom stereocenters. The third kappa shape index (κ3) is 10.1. The molecule has 0 bridgehead atoms. The fourth-order valence-electron chi connectivity index (χ4n) is 2.44. The first-order chi connectivity index (χ1) is 11.1. The predicted molar refractivity (Wildman–Crippen MR) is 91.5 cm³/mol. The second-order valence-electron chi connectivity index (χ2n) is 5.86. The zero-order chi connectivity index (χ0) is 16.9. The summed E-state index contributed by atoms with van der Waals surface area (Å²) in [6.45, 7) is 2.21. The summed E-state index contributed by atoms with van der Waals surface area (Å²) in [5.41, 5.74) is 0.0212. The largest absolute Gasteiger partial charge is 1.00 e. The third-order valence-corrected chi connectivity index (χ3v) is 3.81. The van der Waals surface area contributed by atoms with E-state index >= 15 is 0 Å². The summed E-state index contributed by atoms with van der Waals surface area (Å²) < 4.78 is 4.75. The zero-order valence-corrected chi connectivity index (χ0v) is 17.1. The predicted octanol–water partition coefficient (Wildman–Crippen LogP) is 2.11. The molecule has 0 radical (unpaired) electrons. The van der Waals surface area contributed by atoms with Gasteiger partial charge in [0.2, 0.25) is 0 Å². The molecule has 5 heteroatoms. The van der Waals surface area contributed by atoms with Crippen LogP contribution in [-0.4, -0.2) is 17.0 Å². The van der Waals surface area contributed by atoms with Crippen LogP contribution in [-0.2, 0) is 9.53 Å². The van der Waals surface area contributed by atoms with E-state index in [1.807, 2.05) is 0 Å². The van der Waals surface area contributed by atoms with Crippen LogP contribution in [0.5, 0.6) is 5.75 Å². The number of aromatic hydroxyl groups is 1. The van der Waals surface area contributed by atoms with Gasteiger partial charge in [-0.1, -0.05) is 70.4 Å².